The molecule has 0 aliphatic carbocycles. The molecular formula is C14H22BrN5O7S. The van der Waals surface area contributed by atoms with E-state index in [4.69, 9.17) is 15.0 Å². The molecule has 0 bridgehead atoms. The molecule has 0 unspecified atom stereocenters. The highest BCUT2D eigenvalue weighted by Crippen LogP contribution is 2.34. The van der Waals surface area contributed by atoms with Crippen molar-refractivity contribution in [2.75, 3.05) is 55.1 Å². The van der Waals surface area contributed by atoms with Crippen LogP contribution >= 0.6 is 15.9 Å². The minimum atomic E-state index is -3.70. The highest BCUT2D eigenvalue weighted by Gasteiger charge is 2.27. The number of nitrogens with one attached hydrogen (secondary N) is 2. The summed E-state index contributed by atoms with van der Waals surface area (Å²) in [4.78, 5) is 24.8. The summed E-state index contributed by atoms with van der Waals surface area (Å²) in [6.07, 6.45) is 0.888. The van der Waals surface area contributed by atoms with Gasteiger partial charge in [0.15, 0.2) is 0 Å². The highest BCUT2D eigenvalue weighted by atomic mass is 79.9. The van der Waals surface area contributed by atoms with Gasteiger partial charge in [0.05, 0.1) is 30.0 Å². The molecule has 14 heteroatoms. The van der Waals surface area contributed by atoms with Gasteiger partial charge in [-0.25, -0.2) is 5.43 Å². The van der Waals surface area contributed by atoms with E-state index in [1.165, 1.54) is 11.0 Å². The average molecular weight is 484 g/mol. The van der Waals surface area contributed by atoms with Crippen molar-refractivity contribution in [1.82, 2.24) is 10.9 Å². The van der Waals surface area contributed by atoms with Crippen molar-refractivity contribution in [3.05, 3.63) is 27.8 Å². The van der Waals surface area contributed by atoms with Gasteiger partial charge in [-0.2, -0.15) is 8.42 Å². The number of nitrogens with two attached hydrogens (primary N) is 1. The van der Waals surface area contributed by atoms with Gasteiger partial charge in [-0.3, -0.25) is 24.5 Å². The Morgan fingerprint density at radius 3 is 2.64 bits per heavy atom. The van der Waals surface area contributed by atoms with Crippen LogP contribution in [0.15, 0.2) is 12.1 Å². The smallest absolute Gasteiger partial charge is 0.295 e. The van der Waals surface area contributed by atoms with Crippen LogP contribution in [0.25, 0.3) is 0 Å². The summed E-state index contributed by atoms with van der Waals surface area (Å²) in [6, 6.07) is 2.39. The zero-order valence-corrected chi connectivity index (χ0v) is 17.5. The topological polar surface area (TPSA) is 177 Å². The van der Waals surface area contributed by atoms with Crippen molar-refractivity contribution in [3.63, 3.8) is 0 Å². The predicted octanol–water partition coefficient (Wildman–Crippen LogP) is -0.419. The molecule has 28 heavy (non-hydrogen) atoms. The molecule has 0 spiro atoms. The van der Waals surface area contributed by atoms with Crippen molar-refractivity contribution < 1.29 is 27.4 Å². The molecule has 1 aromatic carbocycles. The minimum absolute atomic E-state index is 0.00827. The number of anilines is 2. The van der Waals surface area contributed by atoms with E-state index in [0.29, 0.717) is 5.33 Å². The number of rotatable bonds is 12. The van der Waals surface area contributed by atoms with Crippen molar-refractivity contribution in [2.45, 2.75) is 0 Å². The number of nitro benzene ring substituents is 1. The van der Waals surface area contributed by atoms with Crippen LogP contribution in [0, 0.1) is 10.1 Å². The Bertz CT molecular complexity index is 806. The summed E-state index contributed by atoms with van der Waals surface area (Å²) in [5.74, 6) is -0.706. The van der Waals surface area contributed by atoms with E-state index in [1.54, 1.807) is 0 Å². The predicted molar refractivity (Wildman–Crippen MR) is 107 cm³/mol. The summed E-state index contributed by atoms with van der Waals surface area (Å²) in [6.45, 7) is -0.241. The number of benzene rings is 1. The number of alkyl halides is 1. The number of carbonyl (C=O) groups excluding carboxylic acids is 1. The standard InChI is InChI=1S/C14H22BrN5O7S/c1-28(25,26)27-7-5-19(4-2-15)13-11(14(22)18-17-3-6-21)8-10(16)9-12(13)20(23)24/h8-9,17,21H,2-7,16H2,1H3,(H,18,22). The van der Waals surface area contributed by atoms with E-state index >= 15 is 0 Å². The molecular weight excluding hydrogens is 462 g/mol. The highest BCUT2D eigenvalue weighted by molar-refractivity contribution is 9.09. The van der Waals surface area contributed by atoms with Gasteiger partial charge in [0, 0.05) is 36.7 Å². The van der Waals surface area contributed by atoms with Crippen LogP contribution in [-0.2, 0) is 14.3 Å². The molecule has 0 radical (unpaired) electrons. The summed E-state index contributed by atoms with van der Waals surface area (Å²) < 4.78 is 27.1. The number of nitro groups is 1. The lowest BCUT2D eigenvalue weighted by molar-refractivity contribution is -0.384. The lowest BCUT2D eigenvalue weighted by atomic mass is 10.1. The lowest BCUT2D eigenvalue weighted by Gasteiger charge is -2.26. The Labute approximate surface area is 170 Å². The molecule has 1 aromatic rings. The van der Waals surface area contributed by atoms with E-state index in [-0.39, 0.29) is 49.8 Å². The third-order valence-corrected chi connectivity index (χ3v) is 4.27. The number of nitrogen functional groups attached to an aromatic ring is 1. The second kappa shape index (κ2) is 11.1. The van der Waals surface area contributed by atoms with Crippen molar-refractivity contribution in [3.8, 4) is 0 Å². The number of aliphatic hydroxyl groups excluding tert-OH is 1. The van der Waals surface area contributed by atoms with Crippen LogP contribution in [0.4, 0.5) is 17.1 Å². The molecule has 12 nitrogen and oxygen atoms in total. The molecule has 0 heterocycles. The Morgan fingerprint density at radius 1 is 1.43 bits per heavy atom. The quantitative estimate of drug-likeness (QED) is 0.0761. The molecule has 1 amide bonds. The number of hydrogen-bond acceptors (Lipinski definition) is 10. The Hall–Kier alpha value is -2.00. The lowest BCUT2D eigenvalue weighted by Crippen LogP contribution is -2.40. The van der Waals surface area contributed by atoms with Crippen LogP contribution < -0.4 is 21.5 Å². The molecule has 0 aliphatic rings. The molecule has 0 saturated heterocycles. The number of amides is 1. The summed E-state index contributed by atoms with van der Waals surface area (Å²) in [5.41, 5.74) is 9.99. The van der Waals surface area contributed by atoms with Gasteiger partial charge < -0.3 is 15.7 Å². The van der Waals surface area contributed by atoms with Gasteiger partial charge in [-0.1, -0.05) is 15.9 Å². The Morgan fingerprint density at radius 2 is 2.11 bits per heavy atom. The molecule has 0 saturated carbocycles. The van der Waals surface area contributed by atoms with Gasteiger partial charge in [-0.15, -0.1) is 0 Å². The molecule has 0 atom stereocenters. The summed E-state index contributed by atoms with van der Waals surface area (Å²) >= 11 is 3.23. The number of nitrogens with zero attached hydrogens (tertiary/aromatic N) is 2. The van der Waals surface area contributed by atoms with Crippen LogP contribution in [0.5, 0.6) is 0 Å². The number of aliphatic hydroxyl groups is 1. The van der Waals surface area contributed by atoms with Crippen LogP contribution in [0.1, 0.15) is 10.4 Å². The minimum Gasteiger partial charge on any atom is -0.399 e. The fourth-order valence-corrected chi connectivity index (χ4v) is 3.09. The number of carbonyl (C=O) groups is 1. The first-order valence-electron chi connectivity index (χ1n) is 7.98. The van der Waals surface area contributed by atoms with Gasteiger partial charge >= 0.3 is 0 Å². The van der Waals surface area contributed by atoms with Crippen LogP contribution in [0.3, 0.4) is 0 Å². The summed E-state index contributed by atoms with van der Waals surface area (Å²) in [5, 5.41) is 20.7. The monoisotopic (exact) mass is 483 g/mol. The fourth-order valence-electron chi connectivity index (χ4n) is 2.29. The van der Waals surface area contributed by atoms with Crippen molar-refractivity contribution in [2.24, 2.45) is 0 Å². The maximum absolute atomic E-state index is 12.5. The third-order valence-electron chi connectivity index (χ3n) is 3.32. The van der Waals surface area contributed by atoms with Gasteiger partial charge in [0.2, 0.25) is 0 Å². The first kappa shape index (κ1) is 24.0. The SMILES string of the molecule is CS(=O)(=O)OCCN(CCBr)c1c(C(=O)NNCCO)cc(N)cc1[N+](=O)[O-]. The average Bonchev–Trinajstić information content (AvgIpc) is 2.59. The Balaban J connectivity index is 3.34. The second-order valence-electron chi connectivity index (χ2n) is 5.50. The van der Waals surface area contributed by atoms with Crippen LogP contribution in [0.2, 0.25) is 0 Å². The van der Waals surface area contributed by atoms with Gasteiger partial charge in [0.1, 0.15) is 5.69 Å². The van der Waals surface area contributed by atoms with Crippen LogP contribution in [-0.4, -0.2) is 68.8 Å². The maximum Gasteiger partial charge on any atom is 0.295 e. The van der Waals surface area contributed by atoms with Crippen molar-refractivity contribution >= 4 is 49.0 Å². The van der Waals surface area contributed by atoms with Crippen molar-refractivity contribution in [1.29, 1.82) is 0 Å². The molecule has 0 aliphatic heterocycles. The normalized spacial score (nSPS) is 11.2. The fraction of sp³-hybridized carbons (Fsp3) is 0.500. The molecule has 0 fully saturated rings. The molecule has 0 aromatic heterocycles. The first-order valence-corrected chi connectivity index (χ1v) is 10.9. The number of halogens is 1. The maximum atomic E-state index is 12.5. The zero-order chi connectivity index (χ0) is 21.3. The third kappa shape index (κ3) is 7.55. The second-order valence-corrected chi connectivity index (χ2v) is 7.94. The van der Waals surface area contributed by atoms with E-state index in [2.05, 4.69) is 26.8 Å². The van der Waals surface area contributed by atoms with E-state index in [9.17, 15) is 23.3 Å². The largest absolute Gasteiger partial charge is 0.399 e. The first-order chi connectivity index (χ1) is 13.1. The molecule has 158 valence electrons. The van der Waals surface area contributed by atoms with E-state index < -0.39 is 26.6 Å². The number of hydrogen-bond donors (Lipinski definition) is 4. The summed E-state index contributed by atoms with van der Waals surface area (Å²) in [7, 11) is -3.70. The molecule has 5 N–H and O–H groups in total. The van der Waals surface area contributed by atoms with E-state index in [0.717, 1.165) is 12.3 Å². The van der Waals surface area contributed by atoms with Gasteiger partial charge in [-0.05, 0) is 6.07 Å². The zero-order valence-electron chi connectivity index (χ0n) is 15.1. The number of hydrazine groups is 1. The Kier molecular flexibility index (Phi) is 9.54. The van der Waals surface area contributed by atoms with Gasteiger partial charge in [0.25, 0.3) is 21.7 Å². The van der Waals surface area contributed by atoms with E-state index in [1.807, 2.05) is 0 Å². The molecule has 1 rings (SSSR count).